The molecule has 1 aromatic carbocycles. The van der Waals surface area contributed by atoms with Crippen molar-refractivity contribution in [3.8, 4) is 11.5 Å². The van der Waals surface area contributed by atoms with E-state index < -0.39 is 23.5 Å². The minimum Gasteiger partial charge on any atom is -0.431 e. The maximum atomic E-state index is 13.4. The summed E-state index contributed by atoms with van der Waals surface area (Å²) in [5, 5.41) is 2.27. The van der Waals surface area contributed by atoms with Gasteiger partial charge in [-0.25, -0.2) is 15.0 Å². The van der Waals surface area contributed by atoms with Crippen molar-refractivity contribution in [2.45, 2.75) is 6.18 Å². The summed E-state index contributed by atoms with van der Waals surface area (Å²) < 4.78 is 49.9. The third-order valence-corrected chi connectivity index (χ3v) is 4.02. The zero-order valence-electron chi connectivity index (χ0n) is 16.1. The van der Waals surface area contributed by atoms with Gasteiger partial charge in [0, 0.05) is 26.3 Å². The third kappa shape index (κ3) is 4.92. The lowest BCUT2D eigenvalue weighted by Gasteiger charge is -2.17. The quantitative estimate of drug-likeness (QED) is 0.624. The zero-order chi connectivity index (χ0) is 21.7. The first kappa shape index (κ1) is 21.2. The van der Waals surface area contributed by atoms with Crippen LogP contribution in [0.2, 0.25) is 0 Å². The van der Waals surface area contributed by atoms with Crippen LogP contribution in [0.25, 0.3) is 11.5 Å². The molecular formula is C19H18F3N5O3. The minimum absolute atomic E-state index is 0.0266. The Kier molecular flexibility index (Phi) is 6.31. The molecule has 0 saturated carbocycles. The van der Waals surface area contributed by atoms with E-state index in [4.69, 9.17) is 9.15 Å². The molecule has 1 N–H and O–H groups in total. The molecule has 158 valence electrons. The molecule has 0 bridgehead atoms. The molecule has 0 saturated heterocycles. The number of carbonyl (C=O) groups excluding carboxylic acids is 1. The Morgan fingerprint density at radius 1 is 1.20 bits per heavy atom. The number of likely N-dealkylation sites (N-methyl/N-ethyl adjacent to an activating group) is 1. The summed E-state index contributed by atoms with van der Waals surface area (Å²) in [6.45, 7) is 1.04. The second kappa shape index (κ2) is 8.91. The molecular weight excluding hydrogens is 403 g/mol. The summed E-state index contributed by atoms with van der Waals surface area (Å²) in [6.07, 6.45) is -2.28. The molecule has 0 spiro atoms. The monoisotopic (exact) mass is 421 g/mol. The van der Waals surface area contributed by atoms with E-state index in [1.54, 1.807) is 37.3 Å². The van der Waals surface area contributed by atoms with Crippen molar-refractivity contribution >= 4 is 17.5 Å². The van der Waals surface area contributed by atoms with Crippen molar-refractivity contribution in [1.82, 2.24) is 15.0 Å². The number of alkyl halides is 3. The number of benzene rings is 1. The highest BCUT2D eigenvalue weighted by molar-refractivity contribution is 6.03. The molecule has 1 amide bonds. The normalized spacial score (nSPS) is 11.4. The lowest BCUT2D eigenvalue weighted by atomic mass is 10.2. The van der Waals surface area contributed by atoms with Crippen LogP contribution in [0.15, 0.2) is 47.1 Å². The largest absolute Gasteiger partial charge is 0.452 e. The van der Waals surface area contributed by atoms with Gasteiger partial charge >= 0.3 is 6.18 Å². The average Bonchev–Trinajstić information content (AvgIpc) is 3.19. The maximum absolute atomic E-state index is 13.4. The van der Waals surface area contributed by atoms with Gasteiger partial charge in [-0.15, -0.1) is 0 Å². The molecule has 0 aliphatic rings. The summed E-state index contributed by atoms with van der Waals surface area (Å²) in [4.78, 5) is 26.1. The predicted octanol–water partition coefficient (Wildman–Crippen LogP) is 3.49. The van der Waals surface area contributed by atoms with Crippen LogP contribution in [0, 0.1) is 0 Å². The predicted molar refractivity (Wildman–Crippen MR) is 102 cm³/mol. The van der Waals surface area contributed by atoms with E-state index in [9.17, 15) is 18.0 Å². The molecule has 0 radical (unpaired) electrons. The number of anilines is 2. The smallest absolute Gasteiger partial charge is 0.431 e. The van der Waals surface area contributed by atoms with E-state index in [-0.39, 0.29) is 11.7 Å². The number of methoxy groups -OCH3 is 1. The molecule has 8 nitrogen and oxygen atoms in total. The van der Waals surface area contributed by atoms with Gasteiger partial charge in [0.25, 0.3) is 5.91 Å². The number of nitrogens with one attached hydrogen (secondary N) is 1. The van der Waals surface area contributed by atoms with Crippen molar-refractivity contribution in [3.05, 3.63) is 54.2 Å². The average molecular weight is 421 g/mol. The van der Waals surface area contributed by atoms with Crippen LogP contribution in [0.3, 0.4) is 0 Å². The third-order valence-electron chi connectivity index (χ3n) is 4.02. The number of amides is 1. The fraction of sp³-hybridized carbons (Fsp3) is 0.263. The Morgan fingerprint density at radius 2 is 1.93 bits per heavy atom. The summed E-state index contributed by atoms with van der Waals surface area (Å²) in [7, 11) is 3.35. The van der Waals surface area contributed by atoms with Gasteiger partial charge in [-0.2, -0.15) is 13.2 Å². The number of ether oxygens (including phenoxy) is 1. The minimum atomic E-state index is -4.90. The summed E-state index contributed by atoms with van der Waals surface area (Å²) in [6, 6.07) is 7.98. The van der Waals surface area contributed by atoms with Gasteiger partial charge < -0.3 is 19.4 Å². The Hall–Kier alpha value is -3.47. The first-order chi connectivity index (χ1) is 14.3. The molecule has 0 unspecified atom stereocenters. The van der Waals surface area contributed by atoms with E-state index in [1.165, 1.54) is 24.5 Å². The molecule has 0 aliphatic carbocycles. The van der Waals surface area contributed by atoms with Crippen LogP contribution in [-0.4, -0.2) is 48.2 Å². The zero-order valence-corrected chi connectivity index (χ0v) is 16.1. The van der Waals surface area contributed by atoms with E-state index in [1.807, 2.05) is 0 Å². The molecule has 2 heterocycles. The van der Waals surface area contributed by atoms with Crippen LogP contribution in [0.4, 0.5) is 24.8 Å². The maximum Gasteiger partial charge on any atom is 0.452 e. The highest BCUT2D eigenvalue weighted by atomic mass is 19.4. The Morgan fingerprint density at radius 3 is 2.53 bits per heavy atom. The van der Waals surface area contributed by atoms with Crippen molar-refractivity contribution in [3.63, 3.8) is 0 Å². The SMILES string of the molecule is COCCN(C)c1cnc(NC(=O)c2nc(-c3ccccc3)oc2C(F)(F)F)cn1. The molecule has 0 atom stereocenters. The Bertz CT molecular complexity index is 991. The van der Waals surface area contributed by atoms with Crippen LogP contribution in [0.1, 0.15) is 16.2 Å². The molecule has 3 aromatic rings. The Labute approximate surface area is 169 Å². The summed E-state index contributed by atoms with van der Waals surface area (Å²) in [5.74, 6) is -2.42. The molecule has 3 rings (SSSR count). The van der Waals surface area contributed by atoms with Crippen LogP contribution >= 0.6 is 0 Å². The highest BCUT2D eigenvalue weighted by Crippen LogP contribution is 2.35. The van der Waals surface area contributed by atoms with E-state index in [0.717, 1.165) is 0 Å². The van der Waals surface area contributed by atoms with Gasteiger partial charge in [0.1, 0.15) is 5.82 Å². The number of carbonyl (C=O) groups is 1. The second-order valence-electron chi connectivity index (χ2n) is 6.19. The molecule has 11 heteroatoms. The fourth-order valence-corrected chi connectivity index (χ4v) is 2.47. The molecule has 0 fully saturated rings. The van der Waals surface area contributed by atoms with Crippen LogP contribution in [0.5, 0.6) is 0 Å². The number of hydrogen-bond donors (Lipinski definition) is 1. The fourth-order valence-electron chi connectivity index (χ4n) is 2.47. The first-order valence-electron chi connectivity index (χ1n) is 8.76. The standard InChI is InChI=1S/C19H18F3N5O3/c1-27(8-9-29-2)14-11-23-13(10-24-14)25-17(28)15-16(19(20,21)22)30-18(26-15)12-6-4-3-5-7-12/h3-7,10-11H,8-9H2,1-2H3,(H,23,25,28). The van der Waals surface area contributed by atoms with Crippen molar-refractivity contribution < 1.29 is 27.1 Å². The number of halogens is 3. The van der Waals surface area contributed by atoms with Crippen molar-refractivity contribution in [2.24, 2.45) is 0 Å². The molecule has 30 heavy (non-hydrogen) atoms. The van der Waals surface area contributed by atoms with Crippen molar-refractivity contribution in [2.75, 3.05) is 37.5 Å². The van der Waals surface area contributed by atoms with Crippen molar-refractivity contribution in [1.29, 1.82) is 0 Å². The number of hydrogen-bond acceptors (Lipinski definition) is 7. The lowest BCUT2D eigenvalue weighted by molar-refractivity contribution is -0.153. The van der Waals surface area contributed by atoms with E-state index >= 15 is 0 Å². The number of nitrogens with zero attached hydrogens (tertiary/aromatic N) is 4. The van der Waals surface area contributed by atoms with Crippen LogP contribution in [-0.2, 0) is 10.9 Å². The first-order valence-corrected chi connectivity index (χ1v) is 8.76. The van der Waals surface area contributed by atoms with Gasteiger partial charge in [0.2, 0.25) is 11.7 Å². The number of oxazole rings is 1. The number of aromatic nitrogens is 3. The van der Waals surface area contributed by atoms with Gasteiger partial charge in [-0.3, -0.25) is 4.79 Å². The number of rotatable bonds is 7. The van der Waals surface area contributed by atoms with Gasteiger partial charge in [-0.05, 0) is 12.1 Å². The second-order valence-corrected chi connectivity index (χ2v) is 6.19. The summed E-state index contributed by atoms with van der Waals surface area (Å²) >= 11 is 0. The van der Waals surface area contributed by atoms with Crippen LogP contribution < -0.4 is 10.2 Å². The summed E-state index contributed by atoms with van der Waals surface area (Å²) in [5.41, 5.74) is -0.574. The van der Waals surface area contributed by atoms with Gasteiger partial charge in [0.15, 0.2) is 11.5 Å². The lowest BCUT2D eigenvalue weighted by Crippen LogP contribution is -2.23. The van der Waals surface area contributed by atoms with E-state index in [0.29, 0.717) is 24.5 Å². The molecule has 2 aromatic heterocycles. The highest BCUT2D eigenvalue weighted by Gasteiger charge is 2.42. The van der Waals surface area contributed by atoms with Gasteiger partial charge in [0.05, 0.1) is 19.0 Å². The molecule has 0 aliphatic heterocycles. The van der Waals surface area contributed by atoms with Gasteiger partial charge in [-0.1, -0.05) is 18.2 Å². The topological polar surface area (TPSA) is 93.4 Å². The Balaban J connectivity index is 1.82. The van der Waals surface area contributed by atoms with E-state index in [2.05, 4.69) is 20.3 Å².